The highest BCUT2D eigenvalue weighted by molar-refractivity contribution is 5.71. The molecule has 0 aliphatic carbocycles. The van der Waals surface area contributed by atoms with E-state index in [-0.39, 0.29) is 19.2 Å². The topological polar surface area (TPSA) is 89.4 Å². The Bertz CT molecular complexity index is 1160. The minimum absolute atomic E-state index is 0.0542. The molecule has 0 spiro atoms. The summed E-state index contributed by atoms with van der Waals surface area (Å²) in [4.78, 5) is 11.7. The number of alkyl halides is 3. The van der Waals surface area contributed by atoms with Crippen LogP contribution in [0.25, 0.3) is 11.1 Å². The Balaban J connectivity index is 1.62. The molecular weight excluding hydrogens is 437 g/mol. The highest BCUT2D eigenvalue weighted by Gasteiger charge is 2.40. The van der Waals surface area contributed by atoms with Crippen molar-refractivity contribution in [1.82, 2.24) is 15.0 Å². The quantitative estimate of drug-likeness (QED) is 0.589. The average molecular weight is 460 g/mol. The fourth-order valence-electron chi connectivity index (χ4n) is 3.42. The molecule has 2 N–H and O–H groups in total. The zero-order valence-electron chi connectivity index (χ0n) is 18.3. The van der Waals surface area contributed by atoms with Crippen LogP contribution in [-0.2, 0) is 21.3 Å². The van der Waals surface area contributed by atoms with Gasteiger partial charge >= 0.3 is 6.18 Å². The average Bonchev–Trinajstić information content (AvgIpc) is 2.75. The Morgan fingerprint density at radius 3 is 2.45 bits per heavy atom. The second-order valence-corrected chi connectivity index (χ2v) is 8.45. The standard InChI is InChI=1S/C23H23F3N4O3/c1-14-6-15(9-18(7-14)29-20-28-5-4-19(30-20)23(24,25)26)16-8-17(11-27-10-16)22(31)12-32-21(2,3)33-13-22/h4-11,31H,12-13H2,1-3H3,(H,28,29,30). The lowest BCUT2D eigenvalue weighted by Crippen LogP contribution is -2.49. The fraction of sp³-hybridized carbons (Fsp3) is 0.348. The number of halogens is 3. The Morgan fingerprint density at radius 2 is 1.76 bits per heavy atom. The van der Waals surface area contributed by atoms with Gasteiger partial charge in [-0.25, -0.2) is 9.97 Å². The Kier molecular flexibility index (Phi) is 5.85. The highest BCUT2D eigenvalue weighted by Crippen LogP contribution is 2.34. The number of rotatable bonds is 4. The third-order valence-corrected chi connectivity index (χ3v) is 5.21. The number of nitrogens with zero attached hydrogens (tertiary/aromatic N) is 3. The molecule has 1 aromatic carbocycles. The molecule has 1 fully saturated rings. The number of aliphatic hydroxyl groups is 1. The van der Waals surface area contributed by atoms with Crippen LogP contribution in [0.2, 0.25) is 0 Å². The van der Waals surface area contributed by atoms with Gasteiger partial charge in [0, 0.05) is 35.4 Å². The normalized spacial score (nSPS) is 17.5. The number of aryl methyl sites for hydroxylation is 1. The molecule has 0 amide bonds. The fourth-order valence-corrected chi connectivity index (χ4v) is 3.42. The number of benzene rings is 1. The summed E-state index contributed by atoms with van der Waals surface area (Å²) in [6, 6.07) is 8.02. The smallest absolute Gasteiger partial charge is 0.380 e. The summed E-state index contributed by atoms with van der Waals surface area (Å²) in [5.74, 6) is -0.943. The summed E-state index contributed by atoms with van der Waals surface area (Å²) in [7, 11) is 0. The monoisotopic (exact) mass is 460 g/mol. The maximum Gasteiger partial charge on any atom is 0.433 e. The van der Waals surface area contributed by atoms with Gasteiger partial charge in [0.15, 0.2) is 5.79 Å². The predicted molar refractivity (Wildman–Crippen MR) is 115 cm³/mol. The first-order chi connectivity index (χ1) is 15.4. The Hall–Kier alpha value is -3.08. The summed E-state index contributed by atoms with van der Waals surface area (Å²) < 4.78 is 50.1. The summed E-state index contributed by atoms with van der Waals surface area (Å²) in [5, 5.41) is 13.9. The lowest BCUT2D eigenvalue weighted by atomic mass is 9.93. The molecule has 10 heteroatoms. The lowest BCUT2D eigenvalue weighted by molar-refractivity contribution is -0.305. The van der Waals surface area contributed by atoms with E-state index in [0.29, 0.717) is 16.8 Å². The molecule has 3 aromatic rings. The summed E-state index contributed by atoms with van der Waals surface area (Å²) in [5.41, 5.74) is 0.986. The molecule has 174 valence electrons. The van der Waals surface area contributed by atoms with E-state index in [4.69, 9.17) is 9.47 Å². The zero-order valence-corrected chi connectivity index (χ0v) is 18.3. The number of ether oxygens (including phenoxy) is 2. The number of hydrogen-bond acceptors (Lipinski definition) is 7. The molecule has 7 nitrogen and oxygen atoms in total. The van der Waals surface area contributed by atoms with Crippen LogP contribution < -0.4 is 5.32 Å². The summed E-state index contributed by atoms with van der Waals surface area (Å²) in [6.45, 7) is 5.52. The molecule has 0 bridgehead atoms. The SMILES string of the molecule is Cc1cc(Nc2nccc(C(F)(F)F)n2)cc(-c2cncc(C3(O)COC(C)(C)OC3)c2)c1. The van der Waals surface area contributed by atoms with Gasteiger partial charge in [-0.3, -0.25) is 4.98 Å². The van der Waals surface area contributed by atoms with E-state index in [1.807, 2.05) is 13.0 Å². The van der Waals surface area contributed by atoms with E-state index in [1.165, 1.54) is 0 Å². The highest BCUT2D eigenvalue weighted by atomic mass is 19.4. The maximum absolute atomic E-state index is 13.0. The van der Waals surface area contributed by atoms with Crippen LogP contribution >= 0.6 is 0 Å². The molecule has 2 aromatic heterocycles. The van der Waals surface area contributed by atoms with Crippen LogP contribution in [0.5, 0.6) is 0 Å². The molecule has 3 heterocycles. The number of hydrogen-bond donors (Lipinski definition) is 2. The van der Waals surface area contributed by atoms with E-state index >= 15 is 0 Å². The molecule has 0 atom stereocenters. The molecule has 1 aliphatic heterocycles. The van der Waals surface area contributed by atoms with Gasteiger partial charge in [0.2, 0.25) is 5.95 Å². The van der Waals surface area contributed by atoms with Crippen molar-refractivity contribution in [2.24, 2.45) is 0 Å². The van der Waals surface area contributed by atoms with Crippen molar-refractivity contribution in [2.45, 2.75) is 38.3 Å². The van der Waals surface area contributed by atoms with E-state index in [0.717, 1.165) is 23.4 Å². The van der Waals surface area contributed by atoms with Crippen molar-refractivity contribution in [3.63, 3.8) is 0 Å². The maximum atomic E-state index is 13.0. The summed E-state index contributed by atoms with van der Waals surface area (Å²) >= 11 is 0. The van der Waals surface area contributed by atoms with E-state index in [9.17, 15) is 18.3 Å². The van der Waals surface area contributed by atoms with Crippen molar-refractivity contribution in [2.75, 3.05) is 18.5 Å². The van der Waals surface area contributed by atoms with Gasteiger partial charge in [0.25, 0.3) is 0 Å². The van der Waals surface area contributed by atoms with Gasteiger partial charge in [-0.15, -0.1) is 0 Å². The van der Waals surface area contributed by atoms with Crippen molar-refractivity contribution in [3.05, 3.63) is 65.7 Å². The number of anilines is 2. The Labute approximate surface area is 188 Å². The van der Waals surface area contributed by atoms with E-state index in [2.05, 4.69) is 20.3 Å². The Morgan fingerprint density at radius 1 is 1.03 bits per heavy atom. The van der Waals surface area contributed by atoms with Gasteiger partial charge in [-0.2, -0.15) is 13.2 Å². The van der Waals surface area contributed by atoms with Gasteiger partial charge in [-0.1, -0.05) is 6.07 Å². The van der Waals surface area contributed by atoms with E-state index < -0.39 is 23.3 Å². The van der Waals surface area contributed by atoms with Crippen LogP contribution in [0.4, 0.5) is 24.8 Å². The lowest BCUT2D eigenvalue weighted by Gasteiger charge is -2.40. The molecule has 0 radical (unpaired) electrons. The molecule has 1 aliphatic rings. The van der Waals surface area contributed by atoms with Gasteiger partial charge in [0.1, 0.15) is 11.3 Å². The van der Waals surface area contributed by atoms with Crippen LogP contribution in [0.15, 0.2) is 48.9 Å². The predicted octanol–water partition coefficient (Wildman–Crippen LogP) is 4.58. The molecule has 0 saturated carbocycles. The third kappa shape index (κ3) is 5.29. The molecular formula is C23H23F3N4O3. The van der Waals surface area contributed by atoms with E-state index in [1.54, 1.807) is 44.4 Å². The van der Waals surface area contributed by atoms with Crippen molar-refractivity contribution < 1.29 is 27.8 Å². The van der Waals surface area contributed by atoms with Crippen molar-refractivity contribution in [1.29, 1.82) is 0 Å². The van der Waals surface area contributed by atoms with Crippen LogP contribution in [0.3, 0.4) is 0 Å². The zero-order chi connectivity index (χ0) is 23.9. The van der Waals surface area contributed by atoms with Crippen LogP contribution in [0, 0.1) is 6.92 Å². The van der Waals surface area contributed by atoms with Crippen LogP contribution in [0.1, 0.15) is 30.7 Å². The first-order valence-corrected chi connectivity index (χ1v) is 10.2. The molecule has 1 saturated heterocycles. The number of nitrogens with one attached hydrogen (secondary N) is 1. The number of aromatic nitrogens is 3. The second-order valence-electron chi connectivity index (χ2n) is 8.45. The van der Waals surface area contributed by atoms with Gasteiger partial charge < -0.3 is 19.9 Å². The largest absolute Gasteiger partial charge is 0.433 e. The molecule has 33 heavy (non-hydrogen) atoms. The first-order valence-electron chi connectivity index (χ1n) is 10.2. The van der Waals surface area contributed by atoms with Crippen molar-refractivity contribution in [3.8, 4) is 11.1 Å². The molecule has 0 unspecified atom stereocenters. The van der Waals surface area contributed by atoms with Crippen molar-refractivity contribution >= 4 is 11.6 Å². The first kappa shape index (κ1) is 23.1. The van der Waals surface area contributed by atoms with Gasteiger partial charge in [-0.05, 0) is 56.2 Å². The van der Waals surface area contributed by atoms with Crippen LogP contribution in [-0.4, -0.2) is 39.1 Å². The molecule has 4 rings (SSSR count). The minimum Gasteiger partial charge on any atom is -0.380 e. The summed E-state index contributed by atoms with van der Waals surface area (Å²) in [6.07, 6.45) is -0.315. The third-order valence-electron chi connectivity index (χ3n) is 5.21. The second kappa shape index (κ2) is 8.36. The minimum atomic E-state index is -4.56. The van der Waals surface area contributed by atoms with Gasteiger partial charge in [0.05, 0.1) is 13.2 Å². The number of pyridine rings is 1.